The zero-order chi connectivity index (χ0) is 13.8. The average molecular weight is 274 g/mol. The summed E-state index contributed by atoms with van der Waals surface area (Å²) in [6.45, 7) is 2.16. The van der Waals surface area contributed by atoms with Crippen molar-refractivity contribution >= 4 is 0 Å². The lowest BCUT2D eigenvalue weighted by atomic mass is 9.78. The highest BCUT2D eigenvalue weighted by atomic mass is 16.3. The van der Waals surface area contributed by atoms with Gasteiger partial charge in [-0.2, -0.15) is 0 Å². The van der Waals surface area contributed by atoms with E-state index in [1.54, 1.807) is 0 Å². The third kappa shape index (κ3) is 3.21. The molecule has 20 heavy (non-hydrogen) atoms. The molecule has 110 valence electrons. The number of pyridine rings is 1. The van der Waals surface area contributed by atoms with Gasteiger partial charge < -0.3 is 5.11 Å². The molecule has 3 rings (SSSR count). The molecular formula is C17H26N2O. The van der Waals surface area contributed by atoms with Crippen LogP contribution in [0.2, 0.25) is 0 Å². The van der Waals surface area contributed by atoms with E-state index in [4.69, 9.17) is 0 Å². The van der Waals surface area contributed by atoms with Crippen molar-refractivity contribution in [2.24, 2.45) is 5.92 Å². The summed E-state index contributed by atoms with van der Waals surface area (Å²) in [6.07, 6.45) is 12.3. The second kappa shape index (κ2) is 6.68. The fourth-order valence-corrected chi connectivity index (χ4v) is 4.01. The van der Waals surface area contributed by atoms with Crippen molar-refractivity contribution in [1.29, 1.82) is 0 Å². The predicted molar refractivity (Wildman–Crippen MR) is 80.3 cm³/mol. The molecule has 1 aromatic heterocycles. The quantitative estimate of drug-likeness (QED) is 0.920. The molecule has 1 aromatic rings. The third-order valence-corrected chi connectivity index (χ3v) is 5.05. The second-order valence-corrected chi connectivity index (χ2v) is 6.41. The van der Waals surface area contributed by atoms with E-state index in [-0.39, 0.29) is 6.10 Å². The van der Waals surface area contributed by atoms with Gasteiger partial charge in [0.15, 0.2) is 0 Å². The van der Waals surface area contributed by atoms with E-state index in [0.717, 1.165) is 13.0 Å². The van der Waals surface area contributed by atoms with Crippen LogP contribution in [0.15, 0.2) is 24.5 Å². The Labute approximate surface area is 122 Å². The molecule has 3 nitrogen and oxygen atoms in total. The number of aliphatic hydroxyl groups excluding tert-OH is 1. The zero-order valence-electron chi connectivity index (χ0n) is 12.2. The topological polar surface area (TPSA) is 36.4 Å². The summed E-state index contributed by atoms with van der Waals surface area (Å²) < 4.78 is 0. The maximum absolute atomic E-state index is 10.4. The lowest BCUT2D eigenvalue weighted by Gasteiger charge is -2.43. The monoisotopic (exact) mass is 274 g/mol. The van der Waals surface area contributed by atoms with Crippen LogP contribution >= 0.6 is 0 Å². The Balaban J connectivity index is 1.70. The molecule has 1 aliphatic carbocycles. The van der Waals surface area contributed by atoms with Crippen LogP contribution in [0.5, 0.6) is 0 Å². The average Bonchev–Trinajstić information content (AvgIpc) is 2.50. The highest BCUT2D eigenvalue weighted by Gasteiger charge is 2.35. The van der Waals surface area contributed by atoms with Crippen LogP contribution in [0, 0.1) is 5.92 Å². The van der Waals surface area contributed by atoms with Crippen LogP contribution in [-0.4, -0.2) is 33.7 Å². The summed E-state index contributed by atoms with van der Waals surface area (Å²) in [5, 5.41) is 10.4. The van der Waals surface area contributed by atoms with Crippen molar-refractivity contribution in [3.8, 4) is 0 Å². The summed E-state index contributed by atoms with van der Waals surface area (Å²) >= 11 is 0. The summed E-state index contributed by atoms with van der Waals surface area (Å²) in [4.78, 5) is 6.82. The van der Waals surface area contributed by atoms with E-state index in [1.165, 1.54) is 50.6 Å². The first-order valence-electron chi connectivity index (χ1n) is 8.15. The van der Waals surface area contributed by atoms with Gasteiger partial charge in [0.05, 0.1) is 6.10 Å². The van der Waals surface area contributed by atoms with Crippen molar-refractivity contribution < 1.29 is 5.11 Å². The summed E-state index contributed by atoms with van der Waals surface area (Å²) in [5.74, 6) is 0.487. The molecule has 1 saturated carbocycles. The van der Waals surface area contributed by atoms with E-state index in [2.05, 4.69) is 16.0 Å². The Morgan fingerprint density at radius 2 is 2.00 bits per heavy atom. The van der Waals surface area contributed by atoms with Crippen LogP contribution in [0.3, 0.4) is 0 Å². The lowest BCUT2D eigenvalue weighted by molar-refractivity contribution is -0.00864. The van der Waals surface area contributed by atoms with E-state index >= 15 is 0 Å². The highest BCUT2D eigenvalue weighted by molar-refractivity contribution is 5.09. The Bertz CT molecular complexity index is 409. The fourth-order valence-electron chi connectivity index (χ4n) is 4.01. The van der Waals surface area contributed by atoms with Crippen LogP contribution < -0.4 is 0 Å². The van der Waals surface area contributed by atoms with Crippen molar-refractivity contribution in [3.05, 3.63) is 30.1 Å². The molecule has 1 saturated heterocycles. The van der Waals surface area contributed by atoms with E-state index in [1.807, 2.05) is 18.5 Å². The van der Waals surface area contributed by atoms with Crippen molar-refractivity contribution in [2.75, 3.05) is 6.54 Å². The van der Waals surface area contributed by atoms with Crippen LogP contribution in [0.25, 0.3) is 0 Å². The molecule has 1 aliphatic heterocycles. The van der Waals surface area contributed by atoms with Crippen molar-refractivity contribution in [2.45, 2.75) is 63.6 Å². The van der Waals surface area contributed by atoms with Gasteiger partial charge in [-0.3, -0.25) is 9.88 Å². The minimum Gasteiger partial charge on any atom is -0.393 e. The number of aromatic nitrogens is 1. The van der Waals surface area contributed by atoms with Gasteiger partial charge in [0.25, 0.3) is 0 Å². The summed E-state index contributed by atoms with van der Waals surface area (Å²) in [5.41, 5.74) is 1.30. The Morgan fingerprint density at radius 1 is 1.15 bits per heavy atom. The van der Waals surface area contributed by atoms with Crippen molar-refractivity contribution in [3.63, 3.8) is 0 Å². The van der Waals surface area contributed by atoms with Gasteiger partial charge in [0, 0.05) is 30.9 Å². The van der Waals surface area contributed by atoms with Crippen LogP contribution in [0.1, 0.15) is 50.5 Å². The first kappa shape index (κ1) is 14.0. The molecule has 3 atom stereocenters. The number of hydrogen-bond donors (Lipinski definition) is 1. The molecule has 3 unspecified atom stereocenters. The Morgan fingerprint density at radius 3 is 2.80 bits per heavy atom. The van der Waals surface area contributed by atoms with E-state index in [9.17, 15) is 5.11 Å². The highest BCUT2D eigenvalue weighted by Crippen LogP contribution is 2.34. The van der Waals surface area contributed by atoms with Crippen LogP contribution in [0.4, 0.5) is 0 Å². The maximum atomic E-state index is 10.4. The Hall–Kier alpha value is -0.930. The molecule has 0 spiro atoms. The van der Waals surface area contributed by atoms with E-state index in [0.29, 0.717) is 12.0 Å². The predicted octanol–water partition coefficient (Wildman–Crippen LogP) is 2.99. The standard InChI is InChI=1S/C17H26N2O/c20-17-9-2-1-7-15(17)16-8-3-4-11-19(16)13-14-6-5-10-18-12-14/h5-6,10,12,15-17,20H,1-4,7-9,11,13H2. The molecule has 0 aromatic carbocycles. The SMILES string of the molecule is OC1CCCCC1C1CCCCN1Cc1cccnc1. The smallest absolute Gasteiger partial charge is 0.0583 e. The third-order valence-electron chi connectivity index (χ3n) is 5.05. The molecule has 2 fully saturated rings. The lowest BCUT2D eigenvalue weighted by Crippen LogP contribution is -2.48. The number of piperidine rings is 1. The molecule has 0 bridgehead atoms. The molecule has 0 radical (unpaired) electrons. The maximum Gasteiger partial charge on any atom is 0.0583 e. The second-order valence-electron chi connectivity index (χ2n) is 6.41. The van der Waals surface area contributed by atoms with Crippen molar-refractivity contribution in [1.82, 2.24) is 9.88 Å². The van der Waals surface area contributed by atoms with Gasteiger partial charge in [0.2, 0.25) is 0 Å². The first-order valence-corrected chi connectivity index (χ1v) is 8.15. The minimum atomic E-state index is -0.0803. The first-order chi connectivity index (χ1) is 9.84. The normalized spacial score (nSPS) is 32.1. The van der Waals surface area contributed by atoms with Gasteiger partial charge in [-0.05, 0) is 43.9 Å². The number of likely N-dealkylation sites (tertiary alicyclic amines) is 1. The summed E-state index contributed by atoms with van der Waals surface area (Å²) in [6, 6.07) is 4.75. The Kier molecular flexibility index (Phi) is 4.69. The van der Waals surface area contributed by atoms with Gasteiger partial charge in [0.1, 0.15) is 0 Å². The number of nitrogens with zero attached hydrogens (tertiary/aromatic N) is 2. The molecule has 1 N–H and O–H groups in total. The van der Waals surface area contributed by atoms with Crippen LogP contribution in [-0.2, 0) is 6.54 Å². The van der Waals surface area contributed by atoms with Gasteiger partial charge in [-0.15, -0.1) is 0 Å². The van der Waals surface area contributed by atoms with E-state index < -0.39 is 0 Å². The van der Waals surface area contributed by atoms with Gasteiger partial charge in [-0.25, -0.2) is 0 Å². The molecule has 0 amide bonds. The number of rotatable bonds is 3. The van der Waals surface area contributed by atoms with Gasteiger partial charge in [-0.1, -0.05) is 25.3 Å². The molecule has 2 heterocycles. The minimum absolute atomic E-state index is 0.0803. The van der Waals surface area contributed by atoms with Gasteiger partial charge >= 0.3 is 0 Å². The number of hydrogen-bond acceptors (Lipinski definition) is 3. The fraction of sp³-hybridized carbons (Fsp3) is 0.706. The summed E-state index contributed by atoms with van der Waals surface area (Å²) in [7, 11) is 0. The largest absolute Gasteiger partial charge is 0.393 e. The molecule has 2 aliphatic rings. The zero-order valence-corrected chi connectivity index (χ0v) is 12.2. The molecule has 3 heteroatoms. The molecular weight excluding hydrogens is 248 g/mol. The number of aliphatic hydroxyl groups is 1.